The lowest BCUT2D eigenvalue weighted by Crippen LogP contribution is -2.41. The van der Waals surface area contributed by atoms with Crippen LogP contribution in [0.4, 0.5) is 5.69 Å². The number of aryl methyl sites for hydroxylation is 1. The first kappa shape index (κ1) is 25.6. The third-order valence-electron chi connectivity index (χ3n) is 4.00. The number of nitrogens with one attached hydrogen (secondary N) is 1. The van der Waals surface area contributed by atoms with Gasteiger partial charge in [0.25, 0.3) is 7.41 Å². The molecule has 0 saturated heterocycles. The fourth-order valence-electron chi connectivity index (χ4n) is 2.75. The van der Waals surface area contributed by atoms with E-state index in [1.807, 2.05) is 45.9 Å². The van der Waals surface area contributed by atoms with Crippen molar-refractivity contribution in [2.75, 3.05) is 36.4 Å². The Morgan fingerprint density at radius 1 is 1.28 bits per heavy atom. The monoisotopic (exact) mass is 444 g/mol. The summed E-state index contributed by atoms with van der Waals surface area (Å²) in [4.78, 5) is 25.0. The van der Waals surface area contributed by atoms with E-state index in [-0.39, 0.29) is 32.5 Å². The molecule has 6 nitrogen and oxygen atoms in total. The summed E-state index contributed by atoms with van der Waals surface area (Å²) in [6.45, 7) is 9.07. The van der Waals surface area contributed by atoms with Crippen LogP contribution in [0.5, 0.6) is 5.75 Å². The topological polar surface area (TPSA) is 67.9 Å². The van der Waals surface area contributed by atoms with Gasteiger partial charge in [-0.25, -0.2) is 0 Å². The molecule has 0 aromatic heterocycles. The number of hydrogen-bond donors (Lipinski definition) is 1. The number of carbonyl (C=O) groups is 2. The van der Waals surface area contributed by atoms with E-state index in [1.165, 1.54) is 0 Å². The highest BCUT2D eigenvalue weighted by Crippen LogP contribution is 2.25. The van der Waals surface area contributed by atoms with Crippen molar-refractivity contribution in [3.8, 4) is 5.75 Å². The number of halogens is 2. The lowest BCUT2D eigenvalue weighted by molar-refractivity contribution is -0.155. The van der Waals surface area contributed by atoms with Crippen LogP contribution >= 0.6 is 23.2 Å². The summed E-state index contributed by atoms with van der Waals surface area (Å²) >= 11 is 11.8. The summed E-state index contributed by atoms with van der Waals surface area (Å²) < 4.78 is 11.3. The van der Waals surface area contributed by atoms with Crippen molar-refractivity contribution >= 4 is 48.5 Å². The van der Waals surface area contributed by atoms with Gasteiger partial charge in [-0.3, -0.25) is 4.79 Å². The molecule has 1 aromatic rings. The molecule has 162 valence electrons. The fourth-order valence-corrected chi connectivity index (χ4v) is 3.15. The summed E-state index contributed by atoms with van der Waals surface area (Å²) in [6.07, 6.45) is 0.867. The van der Waals surface area contributed by atoms with Gasteiger partial charge in [0.05, 0.1) is 12.6 Å². The molecule has 0 aliphatic rings. The van der Waals surface area contributed by atoms with E-state index in [0.29, 0.717) is 30.6 Å². The standard InChI is InChI=1S/C20H31BCl2N2O4/c1-15-11-17(25(9-7-22)10-8-23)5-6-18(15)28-13-16(24-21-14-26)12-19(27)29-20(2,3)4/h5-6,11,14,16,21,24H,7-10,12-13H2,1-4H3/t16-/m1/s1. The molecule has 0 spiro atoms. The van der Waals surface area contributed by atoms with Gasteiger partial charge in [-0.15, -0.1) is 23.2 Å². The van der Waals surface area contributed by atoms with Crippen molar-refractivity contribution in [2.45, 2.75) is 45.8 Å². The smallest absolute Gasteiger partial charge is 0.307 e. The first-order valence-corrected chi connectivity index (χ1v) is 10.8. The van der Waals surface area contributed by atoms with Crippen LogP contribution in [0, 0.1) is 6.92 Å². The van der Waals surface area contributed by atoms with Gasteiger partial charge in [-0.1, -0.05) is 0 Å². The van der Waals surface area contributed by atoms with E-state index in [4.69, 9.17) is 32.7 Å². The summed E-state index contributed by atoms with van der Waals surface area (Å²) in [6, 6.07) is 5.54. The Hall–Kier alpha value is -1.44. The summed E-state index contributed by atoms with van der Waals surface area (Å²) in [5.41, 5.74) is 1.43. The Morgan fingerprint density at radius 2 is 1.93 bits per heavy atom. The van der Waals surface area contributed by atoms with Crippen LogP contribution in [0.3, 0.4) is 0 Å². The maximum absolute atomic E-state index is 12.1. The lowest BCUT2D eigenvalue weighted by Gasteiger charge is -2.25. The van der Waals surface area contributed by atoms with E-state index in [9.17, 15) is 9.59 Å². The quantitative estimate of drug-likeness (QED) is 0.218. The molecule has 0 saturated carbocycles. The van der Waals surface area contributed by atoms with Crippen LogP contribution in [0.15, 0.2) is 18.2 Å². The molecule has 1 N–H and O–H groups in total. The molecule has 1 atom stereocenters. The number of alkyl halides is 2. The van der Waals surface area contributed by atoms with E-state index in [1.54, 1.807) is 0 Å². The van der Waals surface area contributed by atoms with Crippen LogP contribution in [-0.4, -0.2) is 62.7 Å². The summed E-state index contributed by atoms with van der Waals surface area (Å²) in [5, 5.41) is 3.01. The number of nitrogens with zero attached hydrogens (tertiary/aromatic N) is 1. The van der Waals surface area contributed by atoms with Gasteiger partial charge in [0.2, 0.25) is 0 Å². The predicted octanol–water partition coefficient (Wildman–Crippen LogP) is 2.89. The zero-order valence-electron chi connectivity index (χ0n) is 17.7. The molecule has 0 bridgehead atoms. The molecule has 0 amide bonds. The molecular formula is C20H31BCl2N2O4. The number of esters is 1. The molecule has 0 radical (unpaired) electrons. The summed E-state index contributed by atoms with van der Waals surface area (Å²) in [5.74, 6) is 1.41. The Bertz CT molecular complexity index is 650. The molecule has 29 heavy (non-hydrogen) atoms. The molecule has 1 rings (SSSR count). The molecule has 0 fully saturated rings. The van der Waals surface area contributed by atoms with Gasteiger partial charge in [-0.2, -0.15) is 0 Å². The van der Waals surface area contributed by atoms with Crippen molar-refractivity contribution < 1.29 is 19.1 Å². The molecule has 0 aliphatic heterocycles. The zero-order valence-corrected chi connectivity index (χ0v) is 19.2. The number of ether oxygens (including phenoxy) is 2. The minimum atomic E-state index is -0.558. The van der Waals surface area contributed by atoms with Crippen LogP contribution in [0.1, 0.15) is 32.8 Å². The normalized spacial score (nSPS) is 12.2. The minimum absolute atomic E-state index is 0.113. The van der Waals surface area contributed by atoms with Gasteiger partial charge in [0, 0.05) is 36.6 Å². The zero-order chi connectivity index (χ0) is 21.9. The summed E-state index contributed by atoms with van der Waals surface area (Å²) in [7, 11) is 0.139. The van der Waals surface area contributed by atoms with Crippen molar-refractivity contribution in [3.63, 3.8) is 0 Å². The average Bonchev–Trinajstić information content (AvgIpc) is 2.63. The van der Waals surface area contributed by atoms with E-state index in [2.05, 4.69) is 10.1 Å². The lowest BCUT2D eigenvalue weighted by atomic mass is 9.96. The van der Waals surface area contributed by atoms with E-state index >= 15 is 0 Å². The largest absolute Gasteiger partial charge is 0.492 e. The number of benzene rings is 1. The molecular weight excluding hydrogens is 414 g/mol. The SMILES string of the molecule is Cc1cc(N(CCCl)CCCl)ccc1OC[C@@H](CC(=O)OC(C)(C)C)NBC=O. The Kier molecular flexibility index (Phi) is 11.5. The third-order valence-corrected chi connectivity index (χ3v) is 4.33. The number of carbonyl (C=O) groups excluding carboxylic acids is 2. The predicted molar refractivity (Wildman–Crippen MR) is 122 cm³/mol. The van der Waals surface area contributed by atoms with Gasteiger partial charge < -0.3 is 24.4 Å². The second-order valence-electron chi connectivity index (χ2n) is 7.69. The molecule has 0 heterocycles. The Balaban J connectivity index is 2.77. The Morgan fingerprint density at radius 3 is 2.45 bits per heavy atom. The van der Waals surface area contributed by atoms with Crippen molar-refractivity contribution in [1.82, 2.24) is 5.23 Å². The van der Waals surface area contributed by atoms with Gasteiger partial charge in [0.1, 0.15) is 18.0 Å². The third kappa shape index (κ3) is 10.2. The van der Waals surface area contributed by atoms with E-state index in [0.717, 1.165) is 17.4 Å². The number of rotatable bonds is 13. The van der Waals surface area contributed by atoms with Gasteiger partial charge in [-0.05, 0) is 51.5 Å². The van der Waals surface area contributed by atoms with Crippen molar-refractivity contribution in [2.24, 2.45) is 0 Å². The maximum atomic E-state index is 12.1. The highest BCUT2D eigenvalue weighted by molar-refractivity contribution is 6.64. The highest BCUT2D eigenvalue weighted by atomic mass is 35.5. The van der Waals surface area contributed by atoms with Crippen molar-refractivity contribution in [1.29, 1.82) is 0 Å². The Labute approximate surface area is 184 Å². The van der Waals surface area contributed by atoms with Crippen LogP contribution in [0.2, 0.25) is 0 Å². The van der Waals surface area contributed by atoms with Crippen LogP contribution in [0.25, 0.3) is 0 Å². The molecule has 1 aromatic carbocycles. The average molecular weight is 445 g/mol. The second kappa shape index (κ2) is 13.0. The first-order valence-electron chi connectivity index (χ1n) is 9.69. The molecule has 0 aliphatic carbocycles. The number of hydrogen-bond acceptors (Lipinski definition) is 6. The van der Waals surface area contributed by atoms with Crippen molar-refractivity contribution in [3.05, 3.63) is 23.8 Å². The van der Waals surface area contributed by atoms with Gasteiger partial charge >= 0.3 is 5.97 Å². The molecule has 9 heteroatoms. The first-order chi connectivity index (χ1) is 13.7. The van der Waals surface area contributed by atoms with Crippen LogP contribution < -0.4 is 14.9 Å². The maximum Gasteiger partial charge on any atom is 0.307 e. The minimum Gasteiger partial charge on any atom is -0.492 e. The molecule has 0 unspecified atom stereocenters. The highest BCUT2D eigenvalue weighted by Gasteiger charge is 2.21. The number of anilines is 1. The van der Waals surface area contributed by atoms with E-state index < -0.39 is 5.60 Å². The van der Waals surface area contributed by atoms with Crippen LogP contribution in [-0.2, 0) is 14.3 Å². The fraction of sp³-hybridized carbons (Fsp3) is 0.600. The van der Waals surface area contributed by atoms with Gasteiger partial charge in [0.15, 0.2) is 0 Å². The second-order valence-corrected chi connectivity index (χ2v) is 8.44.